The highest BCUT2D eigenvalue weighted by molar-refractivity contribution is 5.77. The van der Waals surface area contributed by atoms with E-state index in [0.717, 1.165) is 25.8 Å². The van der Waals surface area contributed by atoms with Gasteiger partial charge in [-0.05, 0) is 62.6 Å². The molecule has 3 rings (SSSR count). The van der Waals surface area contributed by atoms with Gasteiger partial charge in [0.15, 0.2) is 0 Å². The Morgan fingerprint density at radius 2 is 2.19 bits per heavy atom. The maximum absolute atomic E-state index is 12.4. The minimum atomic E-state index is 0.232. The van der Waals surface area contributed by atoms with Crippen molar-refractivity contribution in [1.82, 2.24) is 10.6 Å². The van der Waals surface area contributed by atoms with Crippen LogP contribution in [0.3, 0.4) is 0 Å². The van der Waals surface area contributed by atoms with Crippen LogP contribution in [0.1, 0.15) is 56.1 Å². The fraction of sp³-hybridized carbons (Fsp3) is 0.611. The third-order valence-corrected chi connectivity index (χ3v) is 4.91. The number of nitrogens with one attached hydrogen (secondary N) is 2. The average molecular weight is 286 g/mol. The molecule has 3 atom stereocenters. The van der Waals surface area contributed by atoms with Crippen LogP contribution in [0.25, 0.3) is 0 Å². The molecular weight excluding hydrogens is 260 g/mol. The molecule has 1 fully saturated rings. The van der Waals surface area contributed by atoms with Crippen molar-refractivity contribution in [3.63, 3.8) is 0 Å². The van der Waals surface area contributed by atoms with Crippen molar-refractivity contribution in [2.45, 2.75) is 63.5 Å². The summed E-state index contributed by atoms with van der Waals surface area (Å²) in [5, 5.41) is 6.68. The molecule has 0 saturated carbocycles. The molecule has 1 amide bonds. The molecule has 0 radical (unpaired) electrons. The first-order valence-corrected chi connectivity index (χ1v) is 8.33. The molecule has 3 heteroatoms. The fourth-order valence-corrected chi connectivity index (χ4v) is 3.84. The summed E-state index contributed by atoms with van der Waals surface area (Å²) in [7, 11) is 0. The smallest absolute Gasteiger partial charge is 0.220 e. The zero-order valence-electron chi connectivity index (χ0n) is 12.9. The molecule has 0 aromatic heterocycles. The number of hydrogen-bond donors (Lipinski definition) is 2. The highest BCUT2D eigenvalue weighted by atomic mass is 16.1. The number of carbonyl (C=O) groups is 1. The topological polar surface area (TPSA) is 41.1 Å². The molecule has 1 aromatic carbocycles. The summed E-state index contributed by atoms with van der Waals surface area (Å²) >= 11 is 0. The molecule has 1 heterocycles. The quantitative estimate of drug-likeness (QED) is 0.897. The Kier molecular flexibility index (Phi) is 4.59. The van der Waals surface area contributed by atoms with Gasteiger partial charge in [0.1, 0.15) is 0 Å². The molecule has 2 N–H and O–H groups in total. The number of fused-ring (bicyclic) bond motifs is 1. The van der Waals surface area contributed by atoms with Gasteiger partial charge >= 0.3 is 0 Å². The van der Waals surface area contributed by atoms with Gasteiger partial charge in [-0.25, -0.2) is 0 Å². The Morgan fingerprint density at radius 1 is 1.33 bits per heavy atom. The normalized spacial score (nSPS) is 28.7. The average Bonchev–Trinajstić information content (AvgIpc) is 2.47. The summed E-state index contributed by atoms with van der Waals surface area (Å²) in [4.78, 5) is 12.4. The molecule has 1 aliphatic carbocycles. The van der Waals surface area contributed by atoms with Crippen molar-refractivity contribution in [1.29, 1.82) is 0 Å². The zero-order chi connectivity index (χ0) is 14.7. The lowest BCUT2D eigenvalue weighted by molar-refractivity contribution is -0.122. The minimum Gasteiger partial charge on any atom is -0.353 e. The van der Waals surface area contributed by atoms with E-state index in [4.69, 9.17) is 0 Å². The summed E-state index contributed by atoms with van der Waals surface area (Å²) in [6.45, 7) is 3.20. The van der Waals surface area contributed by atoms with E-state index in [2.05, 4.69) is 41.8 Å². The van der Waals surface area contributed by atoms with Gasteiger partial charge in [0, 0.05) is 18.5 Å². The van der Waals surface area contributed by atoms with Crippen LogP contribution >= 0.6 is 0 Å². The van der Waals surface area contributed by atoms with Crippen molar-refractivity contribution in [2.75, 3.05) is 6.54 Å². The van der Waals surface area contributed by atoms with Gasteiger partial charge in [-0.1, -0.05) is 24.3 Å². The molecule has 3 nitrogen and oxygen atoms in total. The number of aryl methyl sites for hydroxylation is 1. The summed E-state index contributed by atoms with van der Waals surface area (Å²) in [5.74, 6) is 0.643. The Bertz CT molecular complexity index is 500. The van der Waals surface area contributed by atoms with Crippen LogP contribution < -0.4 is 10.6 Å². The predicted molar refractivity (Wildman–Crippen MR) is 85.4 cm³/mol. The Hall–Kier alpha value is -1.35. The van der Waals surface area contributed by atoms with E-state index in [0.29, 0.717) is 24.4 Å². The van der Waals surface area contributed by atoms with Crippen molar-refractivity contribution in [3.8, 4) is 0 Å². The van der Waals surface area contributed by atoms with E-state index < -0.39 is 0 Å². The van der Waals surface area contributed by atoms with Gasteiger partial charge in [0.2, 0.25) is 5.91 Å². The highest BCUT2D eigenvalue weighted by Crippen LogP contribution is 2.33. The number of benzene rings is 1. The number of piperidine rings is 1. The molecule has 1 aromatic rings. The lowest BCUT2D eigenvalue weighted by Gasteiger charge is -2.30. The Morgan fingerprint density at radius 3 is 3.05 bits per heavy atom. The van der Waals surface area contributed by atoms with E-state index >= 15 is 0 Å². The Balaban J connectivity index is 1.58. The highest BCUT2D eigenvalue weighted by Gasteiger charge is 2.24. The minimum absolute atomic E-state index is 0.232. The first-order valence-electron chi connectivity index (χ1n) is 8.33. The zero-order valence-corrected chi connectivity index (χ0v) is 12.9. The van der Waals surface area contributed by atoms with Crippen molar-refractivity contribution in [3.05, 3.63) is 35.4 Å². The third-order valence-electron chi connectivity index (χ3n) is 4.91. The van der Waals surface area contributed by atoms with Crippen LogP contribution in [0.5, 0.6) is 0 Å². The van der Waals surface area contributed by atoms with Crippen LogP contribution in [-0.4, -0.2) is 24.5 Å². The standard InChI is InChI=1S/C18H26N2O/c1-13-11-16(9-10-19-13)20-18(21)12-15-7-4-6-14-5-2-3-8-17(14)15/h2-3,5,8,13,15-16,19H,4,6-7,9-12H2,1H3,(H,20,21). The van der Waals surface area contributed by atoms with Crippen molar-refractivity contribution < 1.29 is 4.79 Å². The lowest BCUT2D eigenvalue weighted by Crippen LogP contribution is -2.46. The molecular formula is C18H26N2O. The van der Waals surface area contributed by atoms with Gasteiger partial charge in [-0.2, -0.15) is 0 Å². The molecule has 1 saturated heterocycles. The summed E-state index contributed by atoms with van der Waals surface area (Å²) in [5.41, 5.74) is 2.84. The van der Waals surface area contributed by atoms with Crippen LogP contribution in [0.4, 0.5) is 0 Å². The molecule has 1 aliphatic heterocycles. The molecule has 0 bridgehead atoms. The van der Waals surface area contributed by atoms with Gasteiger partial charge < -0.3 is 10.6 Å². The van der Waals surface area contributed by atoms with Gasteiger partial charge in [0.05, 0.1) is 0 Å². The van der Waals surface area contributed by atoms with E-state index in [-0.39, 0.29) is 5.91 Å². The molecule has 21 heavy (non-hydrogen) atoms. The second-order valence-electron chi connectivity index (χ2n) is 6.64. The van der Waals surface area contributed by atoms with E-state index in [1.807, 2.05) is 0 Å². The maximum Gasteiger partial charge on any atom is 0.220 e. The maximum atomic E-state index is 12.4. The molecule has 2 aliphatic rings. The first-order chi connectivity index (χ1) is 10.2. The first kappa shape index (κ1) is 14.6. The second kappa shape index (κ2) is 6.61. The molecule has 3 unspecified atom stereocenters. The van der Waals surface area contributed by atoms with E-state index in [1.54, 1.807) is 0 Å². The van der Waals surface area contributed by atoms with Gasteiger partial charge in [-0.15, -0.1) is 0 Å². The number of rotatable bonds is 3. The van der Waals surface area contributed by atoms with Crippen LogP contribution in [0.15, 0.2) is 24.3 Å². The molecule has 114 valence electrons. The van der Waals surface area contributed by atoms with Crippen LogP contribution in [0.2, 0.25) is 0 Å². The summed E-state index contributed by atoms with van der Waals surface area (Å²) < 4.78 is 0. The number of amides is 1. The molecule has 0 spiro atoms. The number of carbonyl (C=O) groups excluding carboxylic acids is 1. The lowest BCUT2D eigenvalue weighted by atomic mass is 9.81. The monoisotopic (exact) mass is 286 g/mol. The SMILES string of the molecule is CC1CC(NC(=O)CC2CCCc3ccccc32)CCN1. The van der Waals surface area contributed by atoms with Gasteiger partial charge in [-0.3, -0.25) is 4.79 Å². The second-order valence-corrected chi connectivity index (χ2v) is 6.64. The largest absolute Gasteiger partial charge is 0.353 e. The van der Waals surface area contributed by atoms with Crippen LogP contribution in [-0.2, 0) is 11.2 Å². The van der Waals surface area contributed by atoms with Crippen molar-refractivity contribution >= 4 is 5.91 Å². The summed E-state index contributed by atoms with van der Waals surface area (Å²) in [6, 6.07) is 9.50. The predicted octanol–water partition coefficient (Wildman–Crippen LogP) is 2.75. The fourth-order valence-electron chi connectivity index (χ4n) is 3.84. The van der Waals surface area contributed by atoms with E-state index in [1.165, 1.54) is 24.0 Å². The van der Waals surface area contributed by atoms with Crippen LogP contribution in [0, 0.1) is 0 Å². The van der Waals surface area contributed by atoms with E-state index in [9.17, 15) is 4.79 Å². The summed E-state index contributed by atoms with van der Waals surface area (Å²) in [6.07, 6.45) is 6.27. The Labute approximate surface area is 127 Å². The van der Waals surface area contributed by atoms with Gasteiger partial charge in [0.25, 0.3) is 0 Å². The number of hydrogen-bond acceptors (Lipinski definition) is 2. The van der Waals surface area contributed by atoms with Crippen molar-refractivity contribution in [2.24, 2.45) is 0 Å². The third kappa shape index (κ3) is 3.65.